The number of aryl methyl sites for hydroxylation is 2. The molecule has 3 aromatic rings. The first-order chi connectivity index (χ1) is 17.2. The van der Waals surface area contributed by atoms with Crippen LogP contribution < -0.4 is 14.2 Å². The molecule has 0 saturated carbocycles. The van der Waals surface area contributed by atoms with E-state index in [1.54, 1.807) is 7.11 Å². The molecule has 8 heteroatoms. The minimum atomic E-state index is -0.350. The van der Waals surface area contributed by atoms with Crippen LogP contribution in [0, 0.1) is 0 Å². The Morgan fingerprint density at radius 1 is 1.14 bits per heavy atom. The van der Waals surface area contributed by atoms with Crippen LogP contribution in [0.1, 0.15) is 46.2 Å². The van der Waals surface area contributed by atoms with E-state index in [-0.39, 0.29) is 12.8 Å². The molecular formula is C27H31N3O5. The average Bonchev–Trinajstić information content (AvgIpc) is 3.49. The minimum absolute atomic E-state index is 0.203. The molecule has 5 rings (SSSR count). The summed E-state index contributed by atoms with van der Waals surface area (Å²) in [6.07, 6.45) is 2.76. The molecule has 0 aliphatic carbocycles. The van der Waals surface area contributed by atoms with Crippen molar-refractivity contribution in [3.05, 3.63) is 70.5 Å². The van der Waals surface area contributed by atoms with E-state index in [4.69, 9.17) is 24.0 Å². The number of esters is 1. The summed E-state index contributed by atoms with van der Waals surface area (Å²) in [5.74, 6) is 1.68. The normalized spacial score (nSPS) is 14.6. The monoisotopic (exact) mass is 477 g/mol. The molecule has 1 aromatic heterocycles. The van der Waals surface area contributed by atoms with E-state index in [2.05, 4.69) is 29.2 Å². The predicted molar refractivity (Wildman–Crippen MR) is 130 cm³/mol. The summed E-state index contributed by atoms with van der Waals surface area (Å²) in [7, 11) is 1.63. The number of benzene rings is 2. The summed E-state index contributed by atoms with van der Waals surface area (Å²) in [6.45, 7) is 5.34. The molecule has 0 radical (unpaired) electrons. The molecule has 8 nitrogen and oxygen atoms in total. The Hall–Kier alpha value is -3.52. The van der Waals surface area contributed by atoms with Crippen LogP contribution in [0.2, 0.25) is 0 Å². The van der Waals surface area contributed by atoms with Crippen molar-refractivity contribution in [1.29, 1.82) is 0 Å². The van der Waals surface area contributed by atoms with E-state index >= 15 is 0 Å². The van der Waals surface area contributed by atoms with E-state index in [1.807, 2.05) is 29.8 Å². The van der Waals surface area contributed by atoms with E-state index in [0.717, 1.165) is 49.2 Å². The molecule has 0 spiro atoms. The molecule has 35 heavy (non-hydrogen) atoms. The number of methoxy groups -OCH3 is 1. The zero-order valence-electron chi connectivity index (χ0n) is 20.3. The predicted octanol–water partition coefficient (Wildman–Crippen LogP) is 3.99. The molecule has 2 aliphatic heterocycles. The summed E-state index contributed by atoms with van der Waals surface area (Å²) in [6, 6.07) is 14.4. The Labute approximate surface area is 205 Å². The van der Waals surface area contributed by atoms with Crippen molar-refractivity contribution in [1.82, 2.24) is 14.7 Å². The van der Waals surface area contributed by atoms with Crippen molar-refractivity contribution in [2.75, 3.05) is 27.1 Å². The van der Waals surface area contributed by atoms with Crippen molar-refractivity contribution in [2.45, 2.75) is 45.8 Å². The quantitative estimate of drug-likeness (QED) is 0.432. The molecule has 0 N–H and O–H groups in total. The van der Waals surface area contributed by atoms with Crippen molar-refractivity contribution in [2.24, 2.45) is 0 Å². The lowest BCUT2D eigenvalue weighted by Gasteiger charge is -2.28. The fraction of sp³-hybridized carbons (Fsp3) is 0.407. The lowest BCUT2D eigenvalue weighted by atomic mass is 10.0. The van der Waals surface area contributed by atoms with E-state index in [1.165, 1.54) is 5.56 Å². The summed E-state index contributed by atoms with van der Waals surface area (Å²) in [5.41, 5.74) is 4.93. The van der Waals surface area contributed by atoms with Crippen LogP contribution >= 0.6 is 0 Å². The van der Waals surface area contributed by atoms with Gasteiger partial charge in [-0.1, -0.05) is 30.3 Å². The van der Waals surface area contributed by atoms with Gasteiger partial charge in [0.1, 0.15) is 0 Å². The first-order valence-corrected chi connectivity index (χ1v) is 12.1. The molecule has 0 atom stereocenters. The molecule has 0 fully saturated rings. The zero-order chi connectivity index (χ0) is 24.2. The minimum Gasteiger partial charge on any atom is -0.493 e. The number of carbonyl (C=O) groups excluding carboxylic acids is 1. The van der Waals surface area contributed by atoms with Crippen LogP contribution in [-0.4, -0.2) is 47.7 Å². The molecule has 0 amide bonds. The second-order valence-corrected chi connectivity index (χ2v) is 8.80. The van der Waals surface area contributed by atoms with Gasteiger partial charge in [-0.05, 0) is 43.0 Å². The zero-order valence-corrected chi connectivity index (χ0v) is 20.3. The summed E-state index contributed by atoms with van der Waals surface area (Å²) in [4.78, 5) is 15.1. The molecule has 0 saturated heterocycles. The third kappa shape index (κ3) is 4.98. The summed E-state index contributed by atoms with van der Waals surface area (Å²) < 4.78 is 23.9. The van der Waals surface area contributed by atoms with Gasteiger partial charge in [-0.2, -0.15) is 5.10 Å². The van der Waals surface area contributed by atoms with Crippen LogP contribution in [0.5, 0.6) is 17.2 Å². The first-order valence-electron chi connectivity index (χ1n) is 12.1. The number of hydrogen-bond donors (Lipinski definition) is 0. The number of ether oxygens (including phenoxy) is 4. The topological polar surface area (TPSA) is 75.1 Å². The molecule has 2 aromatic carbocycles. The fourth-order valence-corrected chi connectivity index (χ4v) is 4.84. The standard InChI is InChI=1S/C27H31N3O5/c1-3-33-27(31)25-21-17-29(16-20-14-23(32-2)26-24(15-20)34-18-35-26)13-11-22(21)30(28-25)12-7-10-19-8-5-4-6-9-19/h4-6,8-9,14-15H,3,7,10-13,16-18H2,1-2H3. The van der Waals surface area contributed by atoms with E-state index in [0.29, 0.717) is 42.6 Å². The molecule has 2 aliphatic rings. The first kappa shape index (κ1) is 23.2. The van der Waals surface area contributed by atoms with Crippen LogP contribution in [0.15, 0.2) is 42.5 Å². The Bertz CT molecular complexity index is 1190. The van der Waals surface area contributed by atoms with Gasteiger partial charge in [0.2, 0.25) is 12.5 Å². The van der Waals surface area contributed by atoms with E-state index in [9.17, 15) is 4.79 Å². The van der Waals surface area contributed by atoms with Gasteiger partial charge < -0.3 is 18.9 Å². The molecule has 0 bridgehead atoms. The summed E-state index contributed by atoms with van der Waals surface area (Å²) in [5, 5.41) is 4.72. The molecule has 3 heterocycles. The van der Waals surface area contributed by atoms with Gasteiger partial charge in [-0.15, -0.1) is 0 Å². The fourth-order valence-electron chi connectivity index (χ4n) is 4.84. The highest BCUT2D eigenvalue weighted by molar-refractivity contribution is 5.89. The second-order valence-electron chi connectivity index (χ2n) is 8.80. The maximum absolute atomic E-state index is 12.7. The average molecular weight is 478 g/mol. The van der Waals surface area contributed by atoms with Gasteiger partial charge in [-0.25, -0.2) is 4.79 Å². The highest BCUT2D eigenvalue weighted by Crippen LogP contribution is 2.42. The number of rotatable bonds is 9. The highest BCUT2D eigenvalue weighted by atomic mass is 16.7. The van der Waals surface area contributed by atoms with E-state index < -0.39 is 0 Å². The van der Waals surface area contributed by atoms with Gasteiger partial charge in [0.15, 0.2) is 17.2 Å². The smallest absolute Gasteiger partial charge is 0.359 e. The maximum Gasteiger partial charge on any atom is 0.359 e. The maximum atomic E-state index is 12.7. The molecular weight excluding hydrogens is 446 g/mol. The highest BCUT2D eigenvalue weighted by Gasteiger charge is 2.29. The number of nitrogens with zero attached hydrogens (tertiary/aromatic N) is 3. The Balaban J connectivity index is 1.33. The molecule has 0 unspecified atom stereocenters. The largest absolute Gasteiger partial charge is 0.493 e. The number of aromatic nitrogens is 2. The van der Waals surface area contributed by atoms with Crippen molar-refractivity contribution < 1.29 is 23.7 Å². The number of hydrogen-bond acceptors (Lipinski definition) is 7. The van der Waals surface area contributed by atoms with Crippen LogP contribution in [0.25, 0.3) is 0 Å². The summed E-state index contributed by atoms with van der Waals surface area (Å²) >= 11 is 0. The Kier molecular flexibility index (Phi) is 6.90. The van der Waals surface area contributed by atoms with Gasteiger partial charge in [0, 0.05) is 43.9 Å². The van der Waals surface area contributed by atoms with Crippen LogP contribution in [0.3, 0.4) is 0 Å². The van der Waals surface area contributed by atoms with Gasteiger partial charge >= 0.3 is 5.97 Å². The lowest BCUT2D eigenvalue weighted by molar-refractivity contribution is 0.0515. The molecule has 184 valence electrons. The van der Waals surface area contributed by atoms with Crippen molar-refractivity contribution in [3.63, 3.8) is 0 Å². The third-order valence-corrected chi connectivity index (χ3v) is 6.48. The third-order valence-electron chi connectivity index (χ3n) is 6.48. The number of carbonyl (C=O) groups is 1. The van der Waals surface area contributed by atoms with Gasteiger partial charge in [0.05, 0.1) is 13.7 Å². The van der Waals surface area contributed by atoms with Crippen LogP contribution in [0.4, 0.5) is 0 Å². The Morgan fingerprint density at radius 3 is 2.80 bits per heavy atom. The second kappa shape index (κ2) is 10.4. The lowest BCUT2D eigenvalue weighted by Crippen LogP contribution is -2.31. The number of fused-ring (bicyclic) bond motifs is 2. The SMILES string of the molecule is CCOC(=O)c1nn(CCCc2ccccc2)c2c1CN(Cc1cc(OC)c3c(c1)OCO3)CC2. The van der Waals surface area contributed by atoms with Crippen molar-refractivity contribution >= 4 is 5.97 Å². The Morgan fingerprint density at radius 2 is 2.00 bits per heavy atom. The van der Waals surface area contributed by atoms with Crippen LogP contribution in [-0.2, 0) is 37.2 Å². The van der Waals surface area contributed by atoms with Crippen molar-refractivity contribution in [3.8, 4) is 17.2 Å². The van der Waals surface area contributed by atoms with Gasteiger partial charge in [0.25, 0.3) is 0 Å². The van der Waals surface area contributed by atoms with Gasteiger partial charge in [-0.3, -0.25) is 9.58 Å².